The molecule has 0 aliphatic carbocycles. The van der Waals surface area contributed by atoms with Gasteiger partial charge in [-0.2, -0.15) is 0 Å². The molecule has 138 valence electrons. The van der Waals surface area contributed by atoms with Gasteiger partial charge in [0.1, 0.15) is 0 Å². The van der Waals surface area contributed by atoms with E-state index in [1.54, 1.807) is 0 Å². The molecule has 0 bridgehead atoms. The molecule has 8 heteroatoms. The number of amides is 1. The maximum atomic E-state index is 10.2. The van der Waals surface area contributed by atoms with Crippen molar-refractivity contribution in [3.8, 4) is 0 Å². The number of aromatic nitrogens is 1. The molecule has 8 nitrogen and oxygen atoms in total. The quantitative estimate of drug-likeness (QED) is 0.395. The minimum atomic E-state index is -1.05. The van der Waals surface area contributed by atoms with Crippen LogP contribution in [0.5, 0.6) is 0 Å². The van der Waals surface area contributed by atoms with Gasteiger partial charge in [-0.25, -0.2) is 4.79 Å². The van der Waals surface area contributed by atoms with Crippen LogP contribution in [0.1, 0.15) is 0 Å². The molecular formula is C17H25N3O5. The molecule has 0 radical (unpaired) electrons. The monoisotopic (exact) mass is 351 g/mol. The highest BCUT2D eigenvalue weighted by atomic mass is 16.5. The predicted molar refractivity (Wildman–Crippen MR) is 94.8 cm³/mol. The van der Waals surface area contributed by atoms with Crippen molar-refractivity contribution in [1.82, 2.24) is 9.88 Å². The summed E-state index contributed by atoms with van der Waals surface area (Å²) in [7, 11) is 0. The van der Waals surface area contributed by atoms with Crippen molar-refractivity contribution in [3.05, 3.63) is 30.5 Å². The Bertz CT molecular complexity index is 659. The Morgan fingerprint density at radius 3 is 2.44 bits per heavy atom. The Labute approximate surface area is 146 Å². The summed E-state index contributed by atoms with van der Waals surface area (Å²) < 4.78 is 18.3. The number of rotatable bonds is 12. The summed E-state index contributed by atoms with van der Waals surface area (Å²) in [4.78, 5) is 10.2. The van der Waals surface area contributed by atoms with Crippen molar-refractivity contribution >= 4 is 22.7 Å². The van der Waals surface area contributed by atoms with E-state index in [0.29, 0.717) is 39.6 Å². The van der Waals surface area contributed by atoms with Crippen molar-refractivity contribution in [3.63, 3.8) is 0 Å². The summed E-state index contributed by atoms with van der Waals surface area (Å²) in [6, 6.07) is 7.90. The summed E-state index contributed by atoms with van der Waals surface area (Å²) >= 11 is 0. The molecule has 0 aliphatic heterocycles. The zero-order chi connectivity index (χ0) is 17.9. The largest absolute Gasteiger partial charge is 0.465 e. The van der Waals surface area contributed by atoms with Gasteiger partial charge in [0.15, 0.2) is 0 Å². The Hall–Kier alpha value is -2.29. The van der Waals surface area contributed by atoms with Crippen LogP contribution in [0.4, 0.5) is 10.5 Å². The predicted octanol–water partition coefficient (Wildman–Crippen LogP) is 1.54. The maximum Gasteiger partial charge on any atom is 0.404 e. The van der Waals surface area contributed by atoms with Crippen LogP contribution in [-0.2, 0) is 20.8 Å². The van der Waals surface area contributed by atoms with Crippen LogP contribution in [0.15, 0.2) is 30.5 Å². The average Bonchev–Trinajstić information content (AvgIpc) is 3.00. The first-order valence-electron chi connectivity index (χ1n) is 8.22. The van der Waals surface area contributed by atoms with E-state index in [0.717, 1.165) is 23.1 Å². The first-order valence-corrected chi connectivity index (χ1v) is 8.22. The smallest absolute Gasteiger partial charge is 0.404 e. The van der Waals surface area contributed by atoms with Crippen LogP contribution in [0.25, 0.3) is 10.9 Å². The third-order valence-corrected chi connectivity index (χ3v) is 3.59. The van der Waals surface area contributed by atoms with Crippen LogP contribution in [0.2, 0.25) is 0 Å². The van der Waals surface area contributed by atoms with E-state index in [4.69, 9.17) is 25.1 Å². The van der Waals surface area contributed by atoms with Gasteiger partial charge in [-0.15, -0.1) is 0 Å². The van der Waals surface area contributed by atoms with Crippen LogP contribution in [0.3, 0.4) is 0 Å². The molecule has 4 N–H and O–H groups in total. The molecule has 1 amide bonds. The number of carboxylic acid groups (broad SMARTS) is 1. The van der Waals surface area contributed by atoms with Crippen molar-refractivity contribution in [1.29, 1.82) is 0 Å². The van der Waals surface area contributed by atoms with Gasteiger partial charge < -0.3 is 34.9 Å². The molecule has 0 aliphatic rings. The average molecular weight is 351 g/mol. The Morgan fingerprint density at radius 1 is 1.04 bits per heavy atom. The Morgan fingerprint density at radius 2 is 1.72 bits per heavy atom. The molecule has 0 saturated heterocycles. The van der Waals surface area contributed by atoms with E-state index in [-0.39, 0.29) is 6.54 Å². The standard InChI is InChI=1S/C17H25N3O5/c18-15-2-1-3-16-14(15)4-6-20(16)7-9-24-11-13-25-12-10-23-8-5-19-17(21)22/h1-4,6,19H,5,7-13,18H2,(H,21,22). The van der Waals surface area contributed by atoms with Crippen molar-refractivity contribution in [2.24, 2.45) is 0 Å². The lowest BCUT2D eigenvalue weighted by atomic mass is 10.2. The SMILES string of the molecule is Nc1cccc2c1ccn2CCOCCOCCOCCNC(=O)O. The first kappa shape index (κ1) is 19.0. The van der Waals surface area contributed by atoms with Gasteiger partial charge in [0.25, 0.3) is 0 Å². The number of carbonyl (C=O) groups is 1. The number of nitrogens with zero attached hydrogens (tertiary/aromatic N) is 1. The summed E-state index contributed by atoms with van der Waals surface area (Å²) in [5.74, 6) is 0. The zero-order valence-corrected chi connectivity index (χ0v) is 14.1. The van der Waals surface area contributed by atoms with E-state index in [2.05, 4.69) is 9.88 Å². The van der Waals surface area contributed by atoms with Gasteiger partial charge >= 0.3 is 6.09 Å². The number of nitrogens with one attached hydrogen (secondary N) is 1. The topological polar surface area (TPSA) is 108 Å². The molecule has 25 heavy (non-hydrogen) atoms. The highest BCUT2D eigenvalue weighted by Crippen LogP contribution is 2.21. The fourth-order valence-corrected chi connectivity index (χ4v) is 2.38. The lowest BCUT2D eigenvalue weighted by Crippen LogP contribution is -2.25. The van der Waals surface area contributed by atoms with Crippen LogP contribution >= 0.6 is 0 Å². The molecule has 0 unspecified atom stereocenters. The number of nitrogens with two attached hydrogens (primary N) is 1. The molecule has 2 aromatic rings. The van der Waals surface area contributed by atoms with Gasteiger partial charge in [0.2, 0.25) is 0 Å². The molecule has 1 heterocycles. The number of fused-ring (bicyclic) bond motifs is 1. The number of hydrogen-bond acceptors (Lipinski definition) is 5. The minimum absolute atomic E-state index is 0.276. The summed E-state index contributed by atoms with van der Waals surface area (Å²) in [5, 5.41) is 11.6. The van der Waals surface area contributed by atoms with E-state index in [1.165, 1.54) is 0 Å². The fraction of sp³-hybridized carbons (Fsp3) is 0.471. The minimum Gasteiger partial charge on any atom is -0.465 e. The van der Waals surface area contributed by atoms with E-state index >= 15 is 0 Å². The van der Waals surface area contributed by atoms with Crippen molar-refractivity contribution < 1.29 is 24.1 Å². The second-order valence-corrected chi connectivity index (χ2v) is 5.36. The summed E-state index contributed by atoms with van der Waals surface area (Å²) in [6.07, 6.45) is 0.964. The lowest BCUT2D eigenvalue weighted by molar-refractivity contribution is 0.0139. The normalized spacial score (nSPS) is 11.0. The van der Waals surface area contributed by atoms with E-state index in [9.17, 15) is 4.79 Å². The van der Waals surface area contributed by atoms with Gasteiger partial charge in [0, 0.05) is 30.4 Å². The number of hydrogen-bond donors (Lipinski definition) is 3. The van der Waals surface area contributed by atoms with Crippen LogP contribution in [-0.4, -0.2) is 62.0 Å². The highest BCUT2D eigenvalue weighted by Gasteiger charge is 2.03. The van der Waals surface area contributed by atoms with Crippen LogP contribution < -0.4 is 11.1 Å². The molecule has 1 aromatic carbocycles. The van der Waals surface area contributed by atoms with Gasteiger partial charge in [-0.1, -0.05) is 6.07 Å². The van der Waals surface area contributed by atoms with Crippen LogP contribution in [0, 0.1) is 0 Å². The second kappa shape index (κ2) is 10.5. The first-order chi connectivity index (χ1) is 12.2. The summed E-state index contributed by atoms with van der Waals surface area (Å²) in [6.45, 7) is 3.86. The van der Waals surface area contributed by atoms with Gasteiger partial charge in [0.05, 0.1) is 45.2 Å². The molecule has 0 atom stereocenters. The Kier molecular flexibility index (Phi) is 8.03. The molecule has 0 saturated carbocycles. The molecule has 2 rings (SSSR count). The van der Waals surface area contributed by atoms with Crippen molar-refractivity contribution in [2.45, 2.75) is 6.54 Å². The van der Waals surface area contributed by atoms with E-state index in [1.807, 2.05) is 30.5 Å². The van der Waals surface area contributed by atoms with Gasteiger partial charge in [-0.05, 0) is 18.2 Å². The third kappa shape index (κ3) is 6.61. The van der Waals surface area contributed by atoms with Gasteiger partial charge in [-0.3, -0.25) is 0 Å². The maximum absolute atomic E-state index is 10.2. The lowest BCUT2D eigenvalue weighted by Gasteiger charge is -2.08. The van der Waals surface area contributed by atoms with E-state index < -0.39 is 6.09 Å². The number of anilines is 1. The number of nitrogen functional groups attached to an aromatic ring is 1. The molecular weight excluding hydrogens is 326 g/mol. The second-order valence-electron chi connectivity index (χ2n) is 5.36. The third-order valence-electron chi connectivity index (χ3n) is 3.59. The number of benzene rings is 1. The molecule has 0 fully saturated rings. The highest BCUT2D eigenvalue weighted by molar-refractivity contribution is 5.91. The zero-order valence-electron chi connectivity index (χ0n) is 14.1. The summed E-state index contributed by atoms with van der Waals surface area (Å²) in [5.41, 5.74) is 7.83. The fourth-order valence-electron chi connectivity index (χ4n) is 2.38. The molecule has 1 aromatic heterocycles. The van der Waals surface area contributed by atoms with Crippen molar-refractivity contribution in [2.75, 3.05) is 51.9 Å². The number of ether oxygens (including phenoxy) is 3. The molecule has 0 spiro atoms. The Balaban J connectivity index is 1.47.